The van der Waals surface area contributed by atoms with E-state index in [0.29, 0.717) is 0 Å². The van der Waals surface area contributed by atoms with Crippen molar-refractivity contribution in [3.05, 3.63) is 28.8 Å². The summed E-state index contributed by atoms with van der Waals surface area (Å²) in [4.78, 5) is 0. The number of hydrogen-bond acceptors (Lipinski definition) is 3. The van der Waals surface area contributed by atoms with Gasteiger partial charge in [-0.05, 0) is 18.2 Å². The maximum Gasteiger partial charge on any atom is 0.406 e. The van der Waals surface area contributed by atoms with Crippen LogP contribution in [0.4, 0.5) is 18.9 Å². The van der Waals surface area contributed by atoms with Crippen LogP contribution in [0, 0.1) is 28.6 Å². The van der Waals surface area contributed by atoms with E-state index in [2.05, 4.69) is 5.32 Å². The molecular formula is C11H7ClF3N3. The Kier molecular flexibility index (Phi) is 4.41. The second kappa shape index (κ2) is 5.61. The number of rotatable bonds is 3. The molecule has 1 atom stereocenters. The Balaban J connectivity index is 2.84. The fraction of sp³-hybridized carbons (Fsp3) is 0.273. The average molecular weight is 274 g/mol. The van der Waals surface area contributed by atoms with Crippen LogP contribution in [0.5, 0.6) is 0 Å². The quantitative estimate of drug-likeness (QED) is 0.919. The first kappa shape index (κ1) is 14.1. The molecule has 1 rings (SSSR count). The summed E-state index contributed by atoms with van der Waals surface area (Å²) in [6.07, 6.45) is -4.60. The first-order chi connectivity index (χ1) is 8.38. The zero-order chi connectivity index (χ0) is 13.8. The highest BCUT2D eigenvalue weighted by molar-refractivity contribution is 6.30. The van der Waals surface area contributed by atoms with Crippen molar-refractivity contribution < 1.29 is 13.2 Å². The van der Waals surface area contributed by atoms with Gasteiger partial charge in [0.2, 0.25) is 0 Å². The summed E-state index contributed by atoms with van der Waals surface area (Å²) in [7, 11) is 0. The topological polar surface area (TPSA) is 59.6 Å². The van der Waals surface area contributed by atoms with Crippen molar-refractivity contribution in [1.82, 2.24) is 0 Å². The minimum atomic E-state index is -4.60. The maximum absolute atomic E-state index is 12.3. The number of benzene rings is 1. The molecule has 1 aromatic rings. The van der Waals surface area contributed by atoms with Crippen LogP contribution in [0.1, 0.15) is 5.56 Å². The SMILES string of the molecule is N#Cc1ccc(Cl)cc1NCC(C#N)C(F)(F)F. The molecule has 0 bridgehead atoms. The third-order valence-electron chi connectivity index (χ3n) is 2.15. The summed E-state index contributed by atoms with van der Waals surface area (Å²) in [5, 5.41) is 19.9. The summed E-state index contributed by atoms with van der Waals surface area (Å²) in [5.74, 6) is -2.14. The number of anilines is 1. The smallest absolute Gasteiger partial charge is 0.382 e. The lowest BCUT2D eigenvalue weighted by Crippen LogP contribution is -2.28. The van der Waals surface area contributed by atoms with Gasteiger partial charge in [-0.15, -0.1) is 0 Å². The largest absolute Gasteiger partial charge is 0.406 e. The van der Waals surface area contributed by atoms with Gasteiger partial charge in [-0.1, -0.05) is 11.6 Å². The van der Waals surface area contributed by atoms with E-state index in [0.717, 1.165) is 6.07 Å². The van der Waals surface area contributed by atoms with Gasteiger partial charge in [0.15, 0.2) is 5.92 Å². The van der Waals surface area contributed by atoms with E-state index < -0.39 is 18.6 Å². The van der Waals surface area contributed by atoms with Crippen LogP contribution in [-0.4, -0.2) is 12.7 Å². The van der Waals surface area contributed by atoms with Crippen LogP contribution >= 0.6 is 11.6 Å². The van der Waals surface area contributed by atoms with Crippen LogP contribution in [0.2, 0.25) is 5.02 Å². The van der Waals surface area contributed by atoms with Crippen LogP contribution in [0.25, 0.3) is 0 Å². The van der Waals surface area contributed by atoms with E-state index in [1.807, 2.05) is 6.07 Å². The number of nitrogens with one attached hydrogen (secondary N) is 1. The molecule has 1 N–H and O–H groups in total. The van der Waals surface area contributed by atoms with Crippen molar-refractivity contribution in [3.63, 3.8) is 0 Å². The predicted molar refractivity (Wildman–Crippen MR) is 59.8 cm³/mol. The first-order valence-electron chi connectivity index (χ1n) is 4.78. The normalized spacial score (nSPS) is 12.3. The molecule has 0 spiro atoms. The van der Waals surface area contributed by atoms with Gasteiger partial charge in [-0.3, -0.25) is 0 Å². The third kappa shape index (κ3) is 3.54. The molecule has 0 saturated carbocycles. The van der Waals surface area contributed by atoms with Crippen molar-refractivity contribution >= 4 is 17.3 Å². The molecule has 0 amide bonds. The molecule has 0 aromatic heterocycles. The van der Waals surface area contributed by atoms with Gasteiger partial charge in [0.05, 0.1) is 17.3 Å². The van der Waals surface area contributed by atoms with Crippen molar-refractivity contribution in [2.75, 3.05) is 11.9 Å². The molecule has 0 aliphatic heterocycles. The molecular weight excluding hydrogens is 267 g/mol. The minimum Gasteiger partial charge on any atom is -0.382 e. The van der Waals surface area contributed by atoms with Gasteiger partial charge in [0, 0.05) is 11.6 Å². The van der Waals surface area contributed by atoms with Gasteiger partial charge >= 0.3 is 6.18 Å². The molecule has 0 fully saturated rings. The molecule has 0 aliphatic rings. The highest BCUT2D eigenvalue weighted by Crippen LogP contribution is 2.27. The van der Waals surface area contributed by atoms with Crippen LogP contribution in [0.3, 0.4) is 0 Å². The lowest BCUT2D eigenvalue weighted by molar-refractivity contribution is -0.155. The summed E-state index contributed by atoms with van der Waals surface area (Å²) in [5.41, 5.74) is 0.341. The summed E-state index contributed by atoms with van der Waals surface area (Å²) >= 11 is 5.68. The lowest BCUT2D eigenvalue weighted by Gasteiger charge is -2.15. The van der Waals surface area contributed by atoms with E-state index in [1.54, 1.807) is 0 Å². The van der Waals surface area contributed by atoms with Gasteiger partial charge in [-0.2, -0.15) is 23.7 Å². The maximum atomic E-state index is 12.3. The number of hydrogen-bond donors (Lipinski definition) is 1. The minimum absolute atomic E-state index is 0.165. The highest BCUT2D eigenvalue weighted by Gasteiger charge is 2.39. The van der Waals surface area contributed by atoms with Gasteiger partial charge < -0.3 is 5.32 Å². The number of nitriles is 2. The van der Waals surface area contributed by atoms with Crippen molar-refractivity contribution in [3.8, 4) is 12.1 Å². The van der Waals surface area contributed by atoms with Crippen LogP contribution < -0.4 is 5.32 Å². The van der Waals surface area contributed by atoms with Crippen molar-refractivity contribution in [2.24, 2.45) is 5.92 Å². The molecule has 0 radical (unpaired) electrons. The fourth-order valence-electron chi connectivity index (χ4n) is 1.21. The Morgan fingerprint density at radius 3 is 2.50 bits per heavy atom. The van der Waals surface area contributed by atoms with E-state index in [4.69, 9.17) is 22.1 Å². The molecule has 1 unspecified atom stereocenters. The Bertz CT molecular complexity index is 514. The summed E-state index contributed by atoms with van der Waals surface area (Å²) in [6.45, 7) is -0.630. The molecule has 3 nitrogen and oxygen atoms in total. The molecule has 0 aliphatic carbocycles. The van der Waals surface area contributed by atoms with Crippen molar-refractivity contribution in [2.45, 2.75) is 6.18 Å². The average Bonchev–Trinajstić information content (AvgIpc) is 2.28. The van der Waals surface area contributed by atoms with E-state index >= 15 is 0 Å². The second-order valence-corrected chi connectivity index (χ2v) is 3.84. The molecule has 1 aromatic carbocycles. The second-order valence-electron chi connectivity index (χ2n) is 3.41. The number of nitrogens with zero attached hydrogens (tertiary/aromatic N) is 2. The Morgan fingerprint density at radius 1 is 1.33 bits per heavy atom. The van der Waals surface area contributed by atoms with E-state index in [-0.39, 0.29) is 16.3 Å². The molecule has 7 heteroatoms. The van der Waals surface area contributed by atoms with Gasteiger partial charge in [-0.25, -0.2) is 0 Å². The van der Waals surface area contributed by atoms with E-state index in [9.17, 15) is 13.2 Å². The predicted octanol–water partition coefficient (Wildman–Crippen LogP) is 3.33. The summed E-state index contributed by atoms with van der Waals surface area (Å²) in [6, 6.07) is 7.16. The number of halogens is 4. The highest BCUT2D eigenvalue weighted by atomic mass is 35.5. The number of alkyl halides is 3. The van der Waals surface area contributed by atoms with Crippen molar-refractivity contribution in [1.29, 1.82) is 10.5 Å². The van der Waals surface area contributed by atoms with Gasteiger partial charge in [0.1, 0.15) is 6.07 Å². The Morgan fingerprint density at radius 2 is 2.00 bits per heavy atom. The van der Waals surface area contributed by atoms with Gasteiger partial charge in [0.25, 0.3) is 0 Å². The lowest BCUT2D eigenvalue weighted by atomic mass is 10.1. The molecule has 18 heavy (non-hydrogen) atoms. The van der Waals surface area contributed by atoms with Crippen LogP contribution in [0.15, 0.2) is 18.2 Å². The first-order valence-corrected chi connectivity index (χ1v) is 5.16. The Labute approximate surface area is 106 Å². The molecule has 94 valence electrons. The fourth-order valence-corrected chi connectivity index (χ4v) is 1.38. The zero-order valence-corrected chi connectivity index (χ0v) is 9.68. The molecule has 0 saturated heterocycles. The Hall–Kier alpha value is -1.92. The van der Waals surface area contributed by atoms with E-state index in [1.165, 1.54) is 18.2 Å². The monoisotopic (exact) mass is 273 g/mol. The molecule has 0 heterocycles. The standard InChI is InChI=1S/C11H7ClF3N3/c12-9-2-1-7(4-16)10(3-9)18-6-8(5-17)11(13,14)15/h1-3,8,18H,6H2. The van der Waals surface area contributed by atoms with Crippen LogP contribution in [-0.2, 0) is 0 Å². The third-order valence-corrected chi connectivity index (χ3v) is 2.38. The summed E-state index contributed by atoms with van der Waals surface area (Å²) < 4.78 is 37.0. The zero-order valence-electron chi connectivity index (χ0n) is 8.92.